The van der Waals surface area contributed by atoms with Crippen LogP contribution in [0.4, 0.5) is 0 Å². The molecule has 1 aliphatic heterocycles. The smallest absolute Gasteiger partial charge is 0.154 e. The van der Waals surface area contributed by atoms with Crippen LogP contribution in [-0.2, 0) is 13.5 Å². The molecule has 1 saturated heterocycles. The number of hydrogen-bond acceptors (Lipinski definition) is 4. The number of hydrogen-bond donors (Lipinski definition) is 1. The summed E-state index contributed by atoms with van der Waals surface area (Å²) in [6.45, 7) is 1.13. The maximum absolute atomic E-state index is 4.79. The van der Waals surface area contributed by atoms with Gasteiger partial charge in [0.25, 0.3) is 0 Å². The number of thioether (sulfide) groups is 1. The van der Waals surface area contributed by atoms with E-state index in [0.29, 0.717) is 12.0 Å². The molecular weight excluding hydrogens is 244 g/mol. The first-order valence-corrected chi connectivity index (χ1v) is 8.19. The molecule has 0 amide bonds. The average molecular weight is 266 g/mol. The minimum absolute atomic E-state index is 0.572. The van der Waals surface area contributed by atoms with E-state index in [1.807, 2.05) is 23.5 Å². The van der Waals surface area contributed by atoms with Gasteiger partial charge in [-0.2, -0.15) is 16.9 Å². The monoisotopic (exact) mass is 266 g/mol. The van der Waals surface area contributed by atoms with Gasteiger partial charge in [-0.3, -0.25) is 4.68 Å². The third kappa shape index (κ3) is 2.72. The van der Waals surface area contributed by atoms with Crippen molar-refractivity contribution < 1.29 is 0 Å². The second-order valence-corrected chi connectivity index (χ2v) is 6.57. The van der Waals surface area contributed by atoms with Gasteiger partial charge in [-0.15, -0.1) is 0 Å². The quantitative estimate of drug-likeness (QED) is 0.904. The lowest BCUT2D eigenvalue weighted by Crippen LogP contribution is -2.39. The third-order valence-electron chi connectivity index (χ3n) is 4.02. The molecule has 0 spiro atoms. The lowest BCUT2D eigenvalue weighted by Gasteiger charge is -2.22. The molecule has 1 saturated carbocycles. The third-order valence-corrected chi connectivity index (χ3v) is 5.15. The predicted molar refractivity (Wildman–Crippen MR) is 75.0 cm³/mol. The standard InChI is InChI=1S/C13H22N4S/c1-17-12(8-11-9-18-7-6-14-11)15-13(16-17)10-4-2-3-5-10/h10-11,14H,2-9H2,1H3. The molecule has 4 nitrogen and oxygen atoms in total. The number of nitrogens with one attached hydrogen (secondary N) is 1. The molecule has 0 bridgehead atoms. The van der Waals surface area contributed by atoms with E-state index in [1.165, 1.54) is 37.2 Å². The zero-order chi connectivity index (χ0) is 12.4. The summed E-state index contributed by atoms with van der Waals surface area (Å²) in [5.41, 5.74) is 0. The fraction of sp³-hybridized carbons (Fsp3) is 0.846. The summed E-state index contributed by atoms with van der Waals surface area (Å²) >= 11 is 2.04. The number of aromatic nitrogens is 3. The molecule has 0 radical (unpaired) electrons. The van der Waals surface area contributed by atoms with Gasteiger partial charge in [-0.05, 0) is 12.8 Å². The highest BCUT2D eigenvalue weighted by Crippen LogP contribution is 2.32. The Balaban J connectivity index is 1.67. The molecule has 0 aromatic carbocycles. The minimum Gasteiger partial charge on any atom is -0.312 e. The molecule has 1 aromatic rings. The van der Waals surface area contributed by atoms with Crippen molar-refractivity contribution >= 4 is 11.8 Å². The van der Waals surface area contributed by atoms with E-state index in [9.17, 15) is 0 Å². The minimum atomic E-state index is 0.572. The van der Waals surface area contributed by atoms with Crippen LogP contribution < -0.4 is 5.32 Å². The van der Waals surface area contributed by atoms with Crippen LogP contribution in [0.25, 0.3) is 0 Å². The molecule has 1 N–H and O–H groups in total. The highest BCUT2D eigenvalue weighted by atomic mass is 32.2. The van der Waals surface area contributed by atoms with Crippen LogP contribution in [0.3, 0.4) is 0 Å². The SMILES string of the molecule is Cn1nc(C2CCCC2)nc1CC1CSCCN1. The summed E-state index contributed by atoms with van der Waals surface area (Å²) in [5, 5.41) is 8.20. The molecule has 1 unspecified atom stereocenters. The summed E-state index contributed by atoms with van der Waals surface area (Å²) < 4.78 is 1.99. The lowest BCUT2D eigenvalue weighted by molar-refractivity contribution is 0.534. The fourth-order valence-corrected chi connectivity index (χ4v) is 3.89. The molecular formula is C13H22N4S. The van der Waals surface area contributed by atoms with Gasteiger partial charge in [0.2, 0.25) is 0 Å². The Bertz CT molecular complexity index is 392. The Kier molecular flexibility index (Phi) is 3.89. The first-order valence-electron chi connectivity index (χ1n) is 7.04. The van der Waals surface area contributed by atoms with Crippen LogP contribution in [0.2, 0.25) is 0 Å². The molecule has 100 valence electrons. The Morgan fingerprint density at radius 1 is 1.39 bits per heavy atom. The van der Waals surface area contributed by atoms with Crippen molar-refractivity contribution in [2.24, 2.45) is 7.05 Å². The van der Waals surface area contributed by atoms with Crippen LogP contribution in [0.5, 0.6) is 0 Å². The van der Waals surface area contributed by atoms with Crippen molar-refractivity contribution in [2.75, 3.05) is 18.1 Å². The van der Waals surface area contributed by atoms with Gasteiger partial charge < -0.3 is 5.32 Å². The van der Waals surface area contributed by atoms with Crippen molar-refractivity contribution in [1.82, 2.24) is 20.1 Å². The maximum Gasteiger partial charge on any atom is 0.154 e. The van der Waals surface area contributed by atoms with E-state index in [2.05, 4.69) is 10.4 Å². The summed E-state index contributed by atoms with van der Waals surface area (Å²) in [5.74, 6) is 5.30. The zero-order valence-corrected chi connectivity index (χ0v) is 11.9. The van der Waals surface area contributed by atoms with Crippen molar-refractivity contribution in [1.29, 1.82) is 0 Å². The summed E-state index contributed by atoms with van der Waals surface area (Å²) in [6.07, 6.45) is 6.27. The fourth-order valence-electron chi connectivity index (χ4n) is 2.94. The largest absolute Gasteiger partial charge is 0.312 e. The van der Waals surface area contributed by atoms with Crippen LogP contribution in [0.1, 0.15) is 43.3 Å². The van der Waals surface area contributed by atoms with E-state index in [4.69, 9.17) is 4.98 Å². The van der Waals surface area contributed by atoms with Gasteiger partial charge in [-0.25, -0.2) is 4.98 Å². The first-order chi connectivity index (χ1) is 8.83. The molecule has 1 atom stereocenters. The molecule has 1 aliphatic carbocycles. The van der Waals surface area contributed by atoms with Gasteiger partial charge in [-0.1, -0.05) is 12.8 Å². The Morgan fingerprint density at radius 2 is 2.22 bits per heavy atom. The summed E-state index contributed by atoms with van der Waals surface area (Å²) in [7, 11) is 2.04. The first kappa shape index (κ1) is 12.5. The Labute approximate surface area is 113 Å². The molecule has 5 heteroatoms. The molecule has 3 rings (SSSR count). The van der Waals surface area contributed by atoms with Crippen LogP contribution >= 0.6 is 11.8 Å². The van der Waals surface area contributed by atoms with Gasteiger partial charge in [0, 0.05) is 43.5 Å². The van der Waals surface area contributed by atoms with E-state index in [-0.39, 0.29) is 0 Å². The Morgan fingerprint density at radius 3 is 2.94 bits per heavy atom. The average Bonchev–Trinajstić information content (AvgIpc) is 3.01. The molecule has 2 fully saturated rings. The molecule has 2 heterocycles. The van der Waals surface area contributed by atoms with E-state index in [1.54, 1.807) is 0 Å². The van der Waals surface area contributed by atoms with Gasteiger partial charge in [0.15, 0.2) is 5.82 Å². The van der Waals surface area contributed by atoms with Crippen molar-refractivity contribution in [3.05, 3.63) is 11.6 Å². The van der Waals surface area contributed by atoms with Crippen molar-refractivity contribution in [3.63, 3.8) is 0 Å². The van der Waals surface area contributed by atoms with E-state index in [0.717, 1.165) is 24.6 Å². The van der Waals surface area contributed by atoms with Crippen LogP contribution in [0, 0.1) is 0 Å². The van der Waals surface area contributed by atoms with E-state index < -0.39 is 0 Å². The highest BCUT2D eigenvalue weighted by molar-refractivity contribution is 7.99. The van der Waals surface area contributed by atoms with Gasteiger partial charge in [0.1, 0.15) is 5.82 Å². The second kappa shape index (κ2) is 5.61. The van der Waals surface area contributed by atoms with Gasteiger partial charge in [0.05, 0.1) is 0 Å². The lowest BCUT2D eigenvalue weighted by atomic mass is 10.1. The summed E-state index contributed by atoms with van der Waals surface area (Å²) in [4.78, 5) is 4.79. The predicted octanol–water partition coefficient (Wildman–Crippen LogP) is 1.72. The maximum atomic E-state index is 4.79. The number of nitrogens with zero attached hydrogens (tertiary/aromatic N) is 3. The van der Waals surface area contributed by atoms with Crippen molar-refractivity contribution in [3.8, 4) is 0 Å². The van der Waals surface area contributed by atoms with E-state index >= 15 is 0 Å². The van der Waals surface area contributed by atoms with Gasteiger partial charge >= 0.3 is 0 Å². The van der Waals surface area contributed by atoms with Crippen molar-refractivity contribution in [2.45, 2.75) is 44.1 Å². The topological polar surface area (TPSA) is 42.7 Å². The molecule has 1 aromatic heterocycles. The zero-order valence-electron chi connectivity index (χ0n) is 11.1. The Hall–Kier alpha value is -0.550. The number of aryl methyl sites for hydroxylation is 1. The van der Waals surface area contributed by atoms with Crippen LogP contribution in [-0.4, -0.2) is 38.9 Å². The second-order valence-electron chi connectivity index (χ2n) is 5.42. The molecule has 2 aliphatic rings. The number of rotatable bonds is 3. The summed E-state index contributed by atoms with van der Waals surface area (Å²) in [6, 6.07) is 0.572. The van der Waals surface area contributed by atoms with Crippen LogP contribution in [0.15, 0.2) is 0 Å². The normalized spacial score (nSPS) is 25.7. The highest BCUT2D eigenvalue weighted by Gasteiger charge is 2.23. The molecule has 18 heavy (non-hydrogen) atoms.